The van der Waals surface area contributed by atoms with Crippen molar-refractivity contribution in [2.45, 2.75) is 244 Å². The molecule has 0 fully saturated rings. The van der Waals surface area contributed by atoms with Gasteiger partial charge in [-0.25, -0.2) is 4.57 Å². The number of amides is 1. The van der Waals surface area contributed by atoms with Crippen LogP contribution in [0.5, 0.6) is 0 Å². The summed E-state index contributed by atoms with van der Waals surface area (Å²) in [6, 6.07) is -0.853. The second-order valence-electron chi connectivity index (χ2n) is 18.5. The Kier molecular flexibility index (Phi) is 42.1. The number of carbonyl (C=O) groups excluding carboxylic acids is 1. The summed E-state index contributed by atoms with van der Waals surface area (Å²) in [6.45, 7) is 4.80. The molecule has 3 atom stereocenters. The summed E-state index contributed by atoms with van der Waals surface area (Å²) in [5.74, 6) is -0.190. The van der Waals surface area contributed by atoms with Gasteiger partial charge in [0.1, 0.15) is 13.2 Å². The average Bonchev–Trinajstić information content (AvgIpc) is 3.20. The topological polar surface area (TPSA) is 105 Å². The van der Waals surface area contributed by atoms with Crippen molar-refractivity contribution in [3.63, 3.8) is 0 Å². The molecule has 0 bridgehead atoms. The number of allylic oxidation sites excluding steroid dienone is 5. The van der Waals surface area contributed by atoms with Crippen molar-refractivity contribution in [1.82, 2.24) is 5.32 Å². The van der Waals surface area contributed by atoms with Gasteiger partial charge < -0.3 is 19.8 Å². The van der Waals surface area contributed by atoms with Gasteiger partial charge in [-0.3, -0.25) is 13.8 Å². The molecule has 0 heterocycles. The standard InChI is InChI=1S/C51H99N2O6P/c1-6-8-10-12-14-16-18-20-22-24-25-26-27-28-29-30-32-34-36-38-40-42-44-50(54)49(48-59-60(56,57)58-47-46-53(3,4)5)52-51(55)45-43-41-39-37-35-33-31-23-21-19-17-15-13-11-9-7-2/h17,19,23,31,42,44,49-50,54H,6-16,18,20-22,24-30,32-41,43,45-48H2,1-5H3,(H-,52,55,56,57)/p+1/b19-17-,31-23-,44-42+. The maximum atomic E-state index is 12.9. The summed E-state index contributed by atoms with van der Waals surface area (Å²) in [6.07, 6.45) is 53.6. The average molecular weight is 868 g/mol. The SMILES string of the molecule is CCCCCC/C=C\C/C=C\CCCCCCCC(=O)NC(COP(=O)(O)OCC[N+](C)(C)C)C(O)/C=C/CCCCCCCCCCCCCCCCCCCCCC. The number of likely N-dealkylation sites (N-methyl/N-ethyl adjacent to an activating group) is 1. The Morgan fingerprint density at radius 2 is 0.950 bits per heavy atom. The third-order valence-electron chi connectivity index (χ3n) is 11.4. The van der Waals surface area contributed by atoms with E-state index in [2.05, 4.69) is 43.5 Å². The summed E-state index contributed by atoms with van der Waals surface area (Å²) in [4.78, 5) is 23.2. The minimum absolute atomic E-state index is 0.0587. The van der Waals surface area contributed by atoms with Gasteiger partial charge in [0, 0.05) is 6.42 Å². The summed E-state index contributed by atoms with van der Waals surface area (Å²) < 4.78 is 23.6. The van der Waals surface area contributed by atoms with Crippen LogP contribution in [0.1, 0.15) is 232 Å². The molecule has 0 aliphatic heterocycles. The highest BCUT2D eigenvalue weighted by molar-refractivity contribution is 7.47. The van der Waals surface area contributed by atoms with E-state index in [-0.39, 0.29) is 19.1 Å². The molecular formula is C51H100N2O6P+. The molecule has 0 spiro atoms. The minimum Gasteiger partial charge on any atom is -0.387 e. The van der Waals surface area contributed by atoms with Crippen molar-refractivity contribution < 1.29 is 32.9 Å². The number of quaternary nitrogens is 1. The second-order valence-corrected chi connectivity index (χ2v) is 20.0. The number of rotatable bonds is 46. The molecule has 0 aliphatic carbocycles. The zero-order valence-electron chi connectivity index (χ0n) is 40.2. The number of nitrogens with one attached hydrogen (secondary N) is 1. The first-order valence-electron chi connectivity index (χ1n) is 25.4. The molecule has 0 saturated carbocycles. The van der Waals surface area contributed by atoms with Crippen molar-refractivity contribution in [3.8, 4) is 0 Å². The number of unbranched alkanes of at least 4 members (excludes halogenated alkanes) is 29. The van der Waals surface area contributed by atoms with E-state index in [0.29, 0.717) is 17.4 Å². The molecule has 0 aromatic rings. The van der Waals surface area contributed by atoms with Crippen LogP contribution in [-0.4, -0.2) is 73.4 Å². The highest BCUT2D eigenvalue weighted by Gasteiger charge is 2.27. The van der Waals surface area contributed by atoms with Crippen molar-refractivity contribution in [1.29, 1.82) is 0 Å². The fraction of sp³-hybridized carbons (Fsp3) is 0.863. The highest BCUT2D eigenvalue weighted by atomic mass is 31.2. The predicted octanol–water partition coefficient (Wildman–Crippen LogP) is 14.6. The molecule has 0 radical (unpaired) electrons. The van der Waals surface area contributed by atoms with Gasteiger partial charge in [0.25, 0.3) is 0 Å². The first kappa shape index (κ1) is 58.7. The fourth-order valence-electron chi connectivity index (χ4n) is 7.31. The molecule has 0 aromatic carbocycles. The van der Waals surface area contributed by atoms with E-state index in [9.17, 15) is 19.4 Å². The van der Waals surface area contributed by atoms with E-state index < -0.39 is 20.0 Å². The van der Waals surface area contributed by atoms with Crippen LogP contribution < -0.4 is 5.32 Å². The normalized spacial score (nSPS) is 14.4. The lowest BCUT2D eigenvalue weighted by Crippen LogP contribution is -2.45. The van der Waals surface area contributed by atoms with Crippen LogP contribution in [0.4, 0.5) is 0 Å². The van der Waals surface area contributed by atoms with Crippen LogP contribution >= 0.6 is 7.82 Å². The zero-order chi connectivity index (χ0) is 44.3. The molecule has 354 valence electrons. The van der Waals surface area contributed by atoms with Crippen LogP contribution in [0.15, 0.2) is 36.5 Å². The molecule has 0 aliphatic rings. The molecule has 60 heavy (non-hydrogen) atoms. The van der Waals surface area contributed by atoms with Gasteiger partial charge in [0.05, 0.1) is 39.9 Å². The largest absolute Gasteiger partial charge is 0.472 e. The van der Waals surface area contributed by atoms with Crippen LogP contribution in [0, 0.1) is 0 Å². The zero-order valence-corrected chi connectivity index (χ0v) is 41.1. The number of nitrogens with zero attached hydrogens (tertiary/aromatic N) is 1. The van der Waals surface area contributed by atoms with Gasteiger partial charge in [-0.1, -0.05) is 211 Å². The number of aliphatic hydroxyl groups excluding tert-OH is 1. The molecule has 3 N–H and O–H groups in total. The third-order valence-corrected chi connectivity index (χ3v) is 12.3. The summed E-state index contributed by atoms with van der Waals surface area (Å²) in [5.41, 5.74) is 0. The highest BCUT2D eigenvalue weighted by Crippen LogP contribution is 2.43. The van der Waals surface area contributed by atoms with Crippen LogP contribution in [0.2, 0.25) is 0 Å². The minimum atomic E-state index is -4.34. The maximum Gasteiger partial charge on any atom is 0.472 e. The Morgan fingerprint density at radius 3 is 1.38 bits per heavy atom. The van der Waals surface area contributed by atoms with Crippen LogP contribution in [-0.2, 0) is 18.4 Å². The molecule has 8 nitrogen and oxygen atoms in total. The smallest absolute Gasteiger partial charge is 0.387 e. The predicted molar refractivity (Wildman–Crippen MR) is 258 cm³/mol. The van der Waals surface area contributed by atoms with E-state index in [1.54, 1.807) is 6.08 Å². The van der Waals surface area contributed by atoms with Crippen LogP contribution in [0.3, 0.4) is 0 Å². The quantitative estimate of drug-likeness (QED) is 0.0244. The molecule has 9 heteroatoms. The van der Waals surface area contributed by atoms with Crippen molar-refractivity contribution >= 4 is 13.7 Å². The molecule has 0 aromatic heterocycles. The Labute approximate surface area is 372 Å². The first-order valence-corrected chi connectivity index (χ1v) is 26.9. The summed E-state index contributed by atoms with van der Waals surface area (Å²) in [7, 11) is 1.56. The Morgan fingerprint density at radius 1 is 0.567 bits per heavy atom. The van der Waals surface area contributed by atoms with Crippen molar-refractivity contribution in [3.05, 3.63) is 36.5 Å². The number of carbonyl (C=O) groups is 1. The van der Waals surface area contributed by atoms with Gasteiger partial charge in [0.2, 0.25) is 5.91 Å². The Bertz CT molecular complexity index is 1070. The Hall–Kier alpha value is -1.28. The van der Waals surface area contributed by atoms with E-state index in [1.807, 2.05) is 27.2 Å². The van der Waals surface area contributed by atoms with Gasteiger partial charge in [-0.05, 0) is 51.4 Å². The molecule has 3 unspecified atom stereocenters. The number of hydrogen-bond acceptors (Lipinski definition) is 5. The first-order chi connectivity index (χ1) is 29.0. The van der Waals surface area contributed by atoms with Crippen LogP contribution in [0.25, 0.3) is 0 Å². The molecule has 0 saturated heterocycles. The second kappa shape index (κ2) is 43.0. The van der Waals surface area contributed by atoms with E-state index in [0.717, 1.165) is 64.2 Å². The van der Waals surface area contributed by atoms with Gasteiger partial charge >= 0.3 is 7.82 Å². The molecular weight excluding hydrogens is 768 g/mol. The van der Waals surface area contributed by atoms with E-state index in [4.69, 9.17) is 9.05 Å². The van der Waals surface area contributed by atoms with Gasteiger partial charge in [0.15, 0.2) is 0 Å². The third kappa shape index (κ3) is 44.8. The molecule has 1 amide bonds. The number of aliphatic hydroxyl groups is 1. The number of phosphoric acid groups is 1. The van der Waals surface area contributed by atoms with Gasteiger partial charge in [-0.15, -0.1) is 0 Å². The lowest BCUT2D eigenvalue weighted by Gasteiger charge is -2.25. The summed E-state index contributed by atoms with van der Waals surface area (Å²) in [5, 5.41) is 13.9. The lowest BCUT2D eigenvalue weighted by atomic mass is 10.0. The Balaban J connectivity index is 4.33. The summed E-state index contributed by atoms with van der Waals surface area (Å²) >= 11 is 0. The van der Waals surface area contributed by atoms with Crippen molar-refractivity contribution in [2.75, 3.05) is 40.9 Å². The van der Waals surface area contributed by atoms with E-state index >= 15 is 0 Å². The van der Waals surface area contributed by atoms with E-state index in [1.165, 1.54) is 148 Å². The monoisotopic (exact) mass is 868 g/mol. The maximum absolute atomic E-state index is 12.9. The number of phosphoric ester groups is 1. The molecule has 0 rings (SSSR count). The van der Waals surface area contributed by atoms with Gasteiger partial charge in [-0.2, -0.15) is 0 Å². The van der Waals surface area contributed by atoms with Crippen molar-refractivity contribution in [2.24, 2.45) is 0 Å². The number of hydrogen-bond donors (Lipinski definition) is 3. The fourth-order valence-corrected chi connectivity index (χ4v) is 8.04. The lowest BCUT2D eigenvalue weighted by molar-refractivity contribution is -0.870.